The van der Waals surface area contributed by atoms with Crippen LogP contribution in [-0.2, 0) is 25.5 Å². The molecule has 3 heterocycles. The lowest BCUT2D eigenvalue weighted by Gasteiger charge is -2.36. The Hall–Kier alpha value is -2.83. The normalized spacial score (nSPS) is 23.0. The fraction of sp³-hybridized carbons (Fsp3) is 0.519. The van der Waals surface area contributed by atoms with Gasteiger partial charge in [-0.3, -0.25) is 9.59 Å². The molecule has 0 unspecified atom stereocenters. The van der Waals surface area contributed by atoms with Crippen LogP contribution in [-0.4, -0.2) is 62.2 Å². The van der Waals surface area contributed by atoms with E-state index in [9.17, 15) is 18.0 Å². The Morgan fingerprint density at radius 2 is 1.65 bits per heavy atom. The molecule has 2 aromatic rings. The Bertz CT molecular complexity index is 1380. The number of pyridine rings is 1. The summed E-state index contributed by atoms with van der Waals surface area (Å²) in [6.07, 6.45) is 2.29. The van der Waals surface area contributed by atoms with Crippen LogP contribution < -0.4 is 15.5 Å². The van der Waals surface area contributed by atoms with Gasteiger partial charge in [-0.2, -0.15) is 4.31 Å². The van der Waals surface area contributed by atoms with E-state index in [0.29, 0.717) is 31.5 Å². The highest BCUT2D eigenvalue weighted by Crippen LogP contribution is 2.46. The quantitative estimate of drug-likeness (QED) is 0.487. The first kappa shape index (κ1) is 28.7. The van der Waals surface area contributed by atoms with Crippen molar-refractivity contribution in [1.82, 2.24) is 9.29 Å². The number of aromatic nitrogens is 1. The Balaban J connectivity index is 1.25. The van der Waals surface area contributed by atoms with Crippen LogP contribution in [0, 0.1) is 11.8 Å². The van der Waals surface area contributed by atoms with Crippen molar-refractivity contribution in [3.63, 3.8) is 0 Å². The van der Waals surface area contributed by atoms with E-state index in [2.05, 4.69) is 4.98 Å². The van der Waals surface area contributed by atoms with Crippen LogP contribution >= 0.6 is 11.6 Å². The van der Waals surface area contributed by atoms with Gasteiger partial charge in [0.2, 0.25) is 21.8 Å². The van der Waals surface area contributed by atoms with Gasteiger partial charge in [-0.15, -0.1) is 0 Å². The molecule has 1 saturated carbocycles. The molecule has 5 rings (SSSR count). The smallest absolute Gasteiger partial charge is 0.276 e. The number of carbonyl (C=O) groups is 2. The summed E-state index contributed by atoms with van der Waals surface area (Å²) in [5.74, 6) is -4.63. The summed E-state index contributed by atoms with van der Waals surface area (Å²) in [6, 6.07) is 8.80. The SMILES string of the molecule is NC(=O)C1CCC(C(F)(F)c2cc(Cl)nc(N3CCN(S(=O)(=O)c4ccc(N5CCCC5=O)cc4)CC3)c2)CC1. The summed E-state index contributed by atoms with van der Waals surface area (Å²) < 4.78 is 58.9. The van der Waals surface area contributed by atoms with Gasteiger partial charge in [-0.1, -0.05) is 11.6 Å². The van der Waals surface area contributed by atoms with Crippen LogP contribution in [0.15, 0.2) is 41.3 Å². The zero-order valence-corrected chi connectivity index (χ0v) is 23.5. The topological polar surface area (TPSA) is 117 Å². The third-order valence-corrected chi connectivity index (χ3v) is 10.3. The summed E-state index contributed by atoms with van der Waals surface area (Å²) in [5.41, 5.74) is 5.78. The van der Waals surface area contributed by atoms with Crippen molar-refractivity contribution >= 4 is 44.9 Å². The van der Waals surface area contributed by atoms with Gasteiger partial charge in [0.05, 0.1) is 4.90 Å². The van der Waals surface area contributed by atoms with Crippen molar-refractivity contribution in [2.75, 3.05) is 42.5 Å². The van der Waals surface area contributed by atoms with E-state index in [-0.39, 0.29) is 72.3 Å². The van der Waals surface area contributed by atoms with E-state index in [1.54, 1.807) is 21.9 Å². The highest BCUT2D eigenvalue weighted by molar-refractivity contribution is 7.89. The van der Waals surface area contributed by atoms with Gasteiger partial charge in [-0.05, 0) is 68.5 Å². The van der Waals surface area contributed by atoms with Crippen LogP contribution in [0.25, 0.3) is 0 Å². The van der Waals surface area contributed by atoms with Crippen LogP contribution in [0.1, 0.15) is 44.1 Å². The number of piperazine rings is 1. The minimum Gasteiger partial charge on any atom is -0.369 e. The van der Waals surface area contributed by atoms with Crippen LogP contribution in [0.4, 0.5) is 20.3 Å². The number of rotatable bonds is 7. The number of sulfonamides is 1. The molecule has 3 aliphatic rings. The second kappa shape index (κ2) is 11.2. The maximum atomic E-state index is 15.5. The van der Waals surface area contributed by atoms with Gasteiger partial charge in [-0.25, -0.2) is 22.2 Å². The summed E-state index contributed by atoms with van der Waals surface area (Å²) in [4.78, 5) is 31.2. The number of nitrogens with two attached hydrogens (primary N) is 1. The second-order valence-corrected chi connectivity index (χ2v) is 13.0. The van der Waals surface area contributed by atoms with Crippen molar-refractivity contribution in [3.05, 3.63) is 47.1 Å². The number of amides is 2. The predicted molar refractivity (Wildman–Crippen MR) is 147 cm³/mol. The van der Waals surface area contributed by atoms with Crippen LogP contribution in [0.3, 0.4) is 0 Å². The molecule has 0 bridgehead atoms. The monoisotopic (exact) mass is 595 g/mol. The fourth-order valence-electron chi connectivity index (χ4n) is 5.84. The molecule has 0 atom stereocenters. The van der Waals surface area contributed by atoms with Gasteiger partial charge in [0.15, 0.2) is 0 Å². The Labute approximate surface area is 237 Å². The number of primary amides is 1. The molecule has 2 N–H and O–H groups in total. The molecule has 2 aliphatic heterocycles. The molecule has 40 heavy (non-hydrogen) atoms. The molecular weight excluding hydrogens is 564 g/mol. The maximum absolute atomic E-state index is 15.5. The zero-order valence-electron chi connectivity index (χ0n) is 21.9. The number of alkyl halides is 2. The predicted octanol–water partition coefficient (Wildman–Crippen LogP) is 3.76. The van der Waals surface area contributed by atoms with E-state index in [4.69, 9.17) is 17.3 Å². The van der Waals surface area contributed by atoms with Crippen LogP contribution in [0.2, 0.25) is 5.15 Å². The van der Waals surface area contributed by atoms with Gasteiger partial charge in [0, 0.05) is 62.2 Å². The van der Waals surface area contributed by atoms with E-state index < -0.39 is 27.8 Å². The van der Waals surface area contributed by atoms with Crippen molar-refractivity contribution in [1.29, 1.82) is 0 Å². The molecule has 216 valence electrons. The average Bonchev–Trinajstić information content (AvgIpc) is 3.38. The summed E-state index contributed by atoms with van der Waals surface area (Å²) >= 11 is 6.17. The zero-order chi connectivity index (χ0) is 28.7. The van der Waals surface area contributed by atoms with E-state index in [0.717, 1.165) is 6.42 Å². The van der Waals surface area contributed by atoms with Crippen LogP contribution in [0.5, 0.6) is 0 Å². The number of hydrogen-bond acceptors (Lipinski definition) is 6. The molecule has 1 aromatic heterocycles. The van der Waals surface area contributed by atoms with E-state index >= 15 is 8.78 Å². The first-order chi connectivity index (χ1) is 19.0. The molecule has 1 aliphatic carbocycles. The third-order valence-electron chi connectivity index (χ3n) is 8.23. The number of benzene rings is 1. The lowest BCUT2D eigenvalue weighted by molar-refractivity contribution is -0.126. The van der Waals surface area contributed by atoms with Gasteiger partial charge < -0.3 is 15.5 Å². The Morgan fingerprint density at radius 3 is 2.23 bits per heavy atom. The number of halogens is 3. The lowest BCUT2D eigenvalue weighted by Crippen LogP contribution is -2.49. The van der Waals surface area contributed by atoms with E-state index in [1.165, 1.54) is 28.6 Å². The summed E-state index contributed by atoms with van der Waals surface area (Å²) in [7, 11) is -3.78. The van der Waals surface area contributed by atoms with E-state index in [1.807, 2.05) is 0 Å². The van der Waals surface area contributed by atoms with Crippen molar-refractivity contribution in [2.24, 2.45) is 17.6 Å². The molecule has 1 aromatic carbocycles. The average molecular weight is 596 g/mol. The van der Waals surface area contributed by atoms with Crippen molar-refractivity contribution < 1.29 is 26.8 Å². The first-order valence-corrected chi connectivity index (χ1v) is 15.3. The lowest BCUT2D eigenvalue weighted by atomic mass is 9.77. The molecule has 13 heteroatoms. The number of nitrogens with zero attached hydrogens (tertiary/aromatic N) is 4. The number of carbonyl (C=O) groups excluding carboxylic acids is 2. The molecule has 2 saturated heterocycles. The Morgan fingerprint density at radius 1 is 1.00 bits per heavy atom. The largest absolute Gasteiger partial charge is 0.369 e. The minimum absolute atomic E-state index is 0.0257. The third kappa shape index (κ3) is 5.66. The van der Waals surface area contributed by atoms with Gasteiger partial charge in [0.25, 0.3) is 5.92 Å². The molecule has 2 amide bonds. The second-order valence-electron chi connectivity index (χ2n) is 10.6. The number of anilines is 2. The maximum Gasteiger partial charge on any atom is 0.276 e. The highest BCUT2D eigenvalue weighted by atomic mass is 35.5. The molecular formula is C27H32ClF2N5O4S. The fourth-order valence-corrected chi connectivity index (χ4v) is 7.47. The minimum atomic E-state index is -3.78. The first-order valence-electron chi connectivity index (χ1n) is 13.5. The highest BCUT2D eigenvalue weighted by Gasteiger charge is 2.44. The van der Waals surface area contributed by atoms with Gasteiger partial charge in [0.1, 0.15) is 11.0 Å². The summed E-state index contributed by atoms with van der Waals surface area (Å²) in [6.45, 7) is 1.41. The molecule has 3 fully saturated rings. The van der Waals surface area contributed by atoms with Crippen molar-refractivity contribution in [2.45, 2.75) is 49.3 Å². The van der Waals surface area contributed by atoms with Crippen molar-refractivity contribution in [3.8, 4) is 0 Å². The molecule has 0 radical (unpaired) electrons. The number of hydrogen-bond donors (Lipinski definition) is 1. The molecule has 0 spiro atoms. The van der Waals surface area contributed by atoms with Gasteiger partial charge >= 0.3 is 0 Å². The standard InChI is InChI=1S/C27H32ClF2N5O4S/c28-23-16-20(27(29,30)19-5-3-18(4-6-19)26(31)37)17-24(32-23)33-12-14-34(15-13-33)40(38,39)22-9-7-21(8-10-22)35-11-1-2-25(35)36/h7-10,16-19H,1-6,11-15H2,(H2,31,37). The molecule has 9 nitrogen and oxygen atoms in total. The Kier molecular flexibility index (Phi) is 8.04. The summed E-state index contributed by atoms with van der Waals surface area (Å²) in [5, 5.41) is -0.0652.